The molecule has 3 aromatic rings. The summed E-state index contributed by atoms with van der Waals surface area (Å²) in [5.74, 6) is -0.490. The molecular weight excluding hydrogens is 344 g/mol. The van der Waals surface area contributed by atoms with Gasteiger partial charge in [0.05, 0.1) is 21.7 Å². The number of carbonyl (C=O) groups excluding carboxylic acids is 1. The number of rotatable bonds is 5. The molecule has 7 heteroatoms. The summed E-state index contributed by atoms with van der Waals surface area (Å²) in [6, 6.07) is 15.2. The van der Waals surface area contributed by atoms with Crippen LogP contribution in [0.5, 0.6) is 0 Å². The lowest BCUT2D eigenvalue weighted by Gasteiger charge is -2.09. The summed E-state index contributed by atoms with van der Waals surface area (Å²) in [7, 11) is -3.16. The Morgan fingerprint density at radius 3 is 2.58 bits per heavy atom. The Bertz CT molecular complexity index is 961. The van der Waals surface area contributed by atoms with E-state index in [-0.39, 0.29) is 18.1 Å². The number of thiazole rings is 1. The summed E-state index contributed by atoms with van der Waals surface area (Å²) >= 11 is 1.55. The van der Waals surface area contributed by atoms with Crippen LogP contribution < -0.4 is 5.32 Å². The Balaban J connectivity index is 1.86. The summed E-state index contributed by atoms with van der Waals surface area (Å²) in [5.41, 5.74) is 2.37. The second-order valence-corrected chi connectivity index (χ2v) is 8.75. The quantitative estimate of drug-likeness (QED) is 0.757. The van der Waals surface area contributed by atoms with E-state index in [9.17, 15) is 13.2 Å². The van der Waals surface area contributed by atoms with Crippen LogP contribution in [0.2, 0.25) is 0 Å². The first-order valence-electron chi connectivity index (χ1n) is 7.35. The van der Waals surface area contributed by atoms with Crippen molar-refractivity contribution >= 4 is 43.0 Å². The van der Waals surface area contributed by atoms with Crippen molar-refractivity contribution in [2.75, 3.05) is 17.3 Å². The fourth-order valence-corrected chi connectivity index (χ4v) is 3.82. The standard InChI is InChI=1S/C17H16N2O3S2/c1-24(21,22)11-10-16(20)18-13-7-3-2-6-12(13)17-19-14-8-4-5-9-15(14)23-17/h2-9H,10-11H2,1H3,(H,18,20). The van der Waals surface area contributed by atoms with Crippen molar-refractivity contribution in [3.05, 3.63) is 48.5 Å². The van der Waals surface area contributed by atoms with Crippen molar-refractivity contribution < 1.29 is 13.2 Å². The lowest BCUT2D eigenvalue weighted by Crippen LogP contribution is -2.16. The van der Waals surface area contributed by atoms with Crippen molar-refractivity contribution in [3.8, 4) is 10.6 Å². The van der Waals surface area contributed by atoms with Gasteiger partial charge in [0.25, 0.3) is 0 Å². The van der Waals surface area contributed by atoms with E-state index in [1.807, 2.05) is 42.5 Å². The SMILES string of the molecule is CS(=O)(=O)CCC(=O)Nc1ccccc1-c1nc2ccccc2s1. The number of fused-ring (bicyclic) bond motifs is 1. The van der Waals surface area contributed by atoms with Gasteiger partial charge in [0, 0.05) is 18.2 Å². The van der Waals surface area contributed by atoms with Crippen molar-refractivity contribution in [1.82, 2.24) is 4.98 Å². The van der Waals surface area contributed by atoms with E-state index in [1.165, 1.54) is 0 Å². The Hall–Kier alpha value is -2.25. The highest BCUT2D eigenvalue weighted by Crippen LogP contribution is 2.34. The summed E-state index contributed by atoms with van der Waals surface area (Å²) in [4.78, 5) is 16.6. The maximum atomic E-state index is 12.0. The first-order valence-corrected chi connectivity index (χ1v) is 10.2. The zero-order valence-electron chi connectivity index (χ0n) is 13.0. The Morgan fingerprint density at radius 2 is 1.83 bits per heavy atom. The molecule has 1 aromatic heterocycles. The molecule has 1 N–H and O–H groups in total. The zero-order valence-corrected chi connectivity index (χ0v) is 14.7. The van der Waals surface area contributed by atoms with E-state index in [1.54, 1.807) is 17.4 Å². The Labute approximate surface area is 144 Å². The van der Waals surface area contributed by atoms with Gasteiger partial charge in [0.15, 0.2) is 0 Å². The Morgan fingerprint density at radius 1 is 1.12 bits per heavy atom. The van der Waals surface area contributed by atoms with Crippen LogP contribution in [-0.2, 0) is 14.6 Å². The van der Waals surface area contributed by atoms with Crippen LogP contribution >= 0.6 is 11.3 Å². The highest BCUT2D eigenvalue weighted by atomic mass is 32.2. The van der Waals surface area contributed by atoms with E-state index in [0.717, 1.165) is 27.0 Å². The number of sulfone groups is 1. The van der Waals surface area contributed by atoms with Gasteiger partial charge in [-0.05, 0) is 24.3 Å². The number of amides is 1. The smallest absolute Gasteiger partial charge is 0.225 e. The maximum absolute atomic E-state index is 12.0. The summed E-state index contributed by atoms with van der Waals surface area (Å²) in [5, 5.41) is 3.60. The van der Waals surface area contributed by atoms with Gasteiger partial charge in [0.2, 0.25) is 5.91 Å². The molecule has 0 radical (unpaired) electrons. The van der Waals surface area contributed by atoms with Crippen molar-refractivity contribution in [3.63, 3.8) is 0 Å². The third-order valence-corrected chi connectivity index (χ3v) is 5.44. The molecule has 0 spiro atoms. The third kappa shape index (κ3) is 3.98. The minimum atomic E-state index is -3.16. The van der Waals surface area contributed by atoms with E-state index >= 15 is 0 Å². The average molecular weight is 360 g/mol. The number of para-hydroxylation sites is 2. The van der Waals surface area contributed by atoms with E-state index in [0.29, 0.717) is 5.69 Å². The number of aromatic nitrogens is 1. The van der Waals surface area contributed by atoms with Gasteiger partial charge in [-0.3, -0.25) is 4.79 Å². The van der Waals surface area contributed by atoms with Crippen molar-refractivity contribution in [2.45, 2.75) is 6.42 Å². The van der Waals surface area contributed by atoms with Crippen LogP contribution in [0.4, 0.5) is 5.69 Å². The lowest BCUT2D eigenvalue weighted by molar-refractivity contribution is -0.115. The van der Waals surface area contributed by atoms with Gasteiger partial charge in [-0.15, -0.1) is 11.3 Å². The van der Waals surface area contributed by atoms with Crippen LogP contribution in [-0.4, -0.2) is 31.3 Å². The molecule has 0 aliphatic rings. The molecule has 124 valence electrons. The summed E-state index contributed by atoms with van der Waals surface area (Å²) in [6.45, 7) is 0. The molecule has 1 heterocycles. The monoisotopic (exact) mass is 360 g/mol. The van der Waals surface area contributed by atoms with Crippen LogP contribution in [0, 0.1) is 0 Å². The largest absolute Gasteiger partial charge is 0.325 e. The third-order valence-electron chi connectivity index (χ3n) is 3.43. The van der Waals surface area contributed by atoms with Gasteiger partial charge in [-0.25, -0.2) is 13.4 Å². The van der Waals surface area contributed by atoms with Crippen molar-refractivity contribution in [2.24, 2.45) is 0 Å². The second-order valence-electron chi connectivity index (χ2n) is 5.46. The molecule has 2 aromatic carbocycles. The normalized spacial score (nSPS) is 11.5. The number of nitrogens with one attached hydrogen (secondary N) is 1. The fraction of sp³-hybridized carbons (Fsp3) is 0.176. The molecule has 24 heavy (non-hydrogen) atoms. The van der Waals surface area contributed by atoms with Gasteiger partial charge in [-0.2, -0.15) is 0 Å². The van der Waals surface area contributed by atoms with Gasteiger partial charge >= 0.3 is 0 Å². The van der Waals surface area contributed by atoms with E-state index in [2.05, 4.69) is 10.3 Å². The first-order chi connectivity index (χ1) is 11.4. The zero-order chi connectivity index (χ0) is 17.2. The highest BCUT2D eigenvalue weighted by molar-refractivity contribution is 7.90. The number of hydrogen-bond acceptors (Lipinski definition) is 5. The summed E-state index contributed by atoms with van der Waals surface area (Å²) < 4.78 is 23.4. The Kier molecular flexibility index (Phi) is 4.64. The van der Waals surface area contributed by atoms with Gasteiger partial charge in [0.1, 0.15) is 14.8 Å². The topological polar surface area (TPSA) is 76.1 Å². The molecular formula is C17H16N2O3S2. The molecule has 0 unspecified atom stereocenters. The first kappa shape index (κ1) is 16.6. The number of nitrogens with zero attached hydrogens (tertiary/aromatic N) is 1. The predicted octanol–water partition coefficient (Wildman–Crippen LogP) is 3.34. The molecule has 0 bridgehead atoms. The second kappa shape index (κ2) is 6.70. The van der Waals surface area contributed by atoms with Crippen LogP contribution in [0.1, 0.15) is 6.42 Å². The molecule has 0 aliphatic heterocycles. The number of benzene rings is 2. The highest BCUT2D eigenvalue weighted by Gasteiger charge is 2.13. The molecule has 0 fully saturated rings. The molecule has 0 saturated carbocycles. The van der Waals surface area contributed by atoms with Crippen molar-refractivity contribution in [1.29, 1.82) is 0 Å². The molecule has 0 atom stereocenters. The van der Waals surface area contributed by atoms with E-state index < -0.39 is 9.84 Å². The van der Waals surface area contributed by atoms with Crippen LogP contribution in [0.15, 0.2) is 48.5 Å². The minimum absolute atomic E-state index is 0.0625. The summed E-state index contributed by atoms with van der Waals surface area (Å²) in [6.07, 6.45) is 1.06. The number of hydrogen-bond donors (Lipinski definition) is 1. The van der Waals surface area contributed by atoms with Gasteiger partial charge < -0.3 is 5.32 Å². The molecule has 5 nitrogen and oxygen atoms in total. The predicted molar refractivity (Wildman–Crippen MR) is 98.0 cm³/mol. The number of anilines is 1. The number of carbonyl (C=O) groups is 1. The molecule has 0 aliphatic carbocycles. The van der Waals surface area contributed by atoms with Crippen LogP contribution in [0.3, 0.4) is 0 Å². The van der Waals surface area contributed by atoms with Gasteiger partial charge in [-0.1, -0.05) is 24.3 Å². The molecule has 0 saturated heterocycles. The fourth-order valence-electron chi connectivity index (χ4n) is 2.26. The maximum Gasteiger partial charge on any atom is 0.225 e. The molecule has 1 amide bonds. The average Bonchev–Trinajstić information content (AvgIpc) is 2.96. The van der Waals surface area contributed by atoms with Crippen LogP contribution in [0.25, 0.3) is 20.8 Å². The minimum Gasteiger partial charge on any atom is -0.325 e. The molecule has 3 rings (SSSR count). The van der Waals surface area contributed by atoms with E-state index in [4.69, 9.17) is 0 Å². The lowest BCUT2D eigenvalue weighted by atomic mass is 10.2.